The lowest BCUT2D eigenvalue weighted by Gasteiger charge is -2.40. The van der Waals surface area contributed by atoms with Gasteiger partial charge in [0, 0.05) is 31.2 Å². The van der Waals surface area contributed by atoms with Crippen LogP contribution in [0, 0.1) is 5.41 Å². The highest BCUT2D eigenvalue weighted by Crippen LogP contribution is 2.43. The Morgan fingerprint density at radius 1 is 1.14 bits per heavy atom. The van der Waals surface area contributed by atoms with Crippen LogP contribution in [-0.4, -0.2) is 67.1 Å². The van der Waals surface area contributed by atoms with Crippen LogP contribution in [0.5, 0.6) is 11.5 Å². The fourth-order valence-electron chi connectivity index (χ4n) is 5.23. The monoisotopic (exact) mass is 404 g/mol. The van der Waals surface area contributed by atoms with E-state index in [-0.39, 0.29) is 5.41 Å². The molecular weight excluding hydrogens is 372 g/mol. The van der Waals surface area contributed by atoms with E-state index in [1.807, 2.05) is 18.2 Å². The van der Waals surface area contributed by atoms with Crippen molar-refractivity contribution in [3.05, 3.63) is 23.8 Å². The van der Waals surface area contributed by atoms with Crippen LogP contribution in [0.4, 0.5) is 0 Å². The Hall–Kier alpha value is -1.40. The van der Waals surface area contributed by atoms with Crippen molar-refractivity contribution in [3.63, 3.8) is 0 Å². The zero-order chi connectivity index (χ0) is 19.6. The van der Waals surface area contributed by atoms with Crippen LogP contribution < -0.4 is 9.47 Å². The molecule has 0 bridgehead atoms. The van der Waals surface area contributed by atoms with Crippen LogP contribution in [0.15, 0.2) is 18.2 Å². The zero-order valence-electron chi connectivity index (χ0n) is 17.1. The molecule has 0 radical (unpaired) electrons. The molecule has 3 saturated heterocycles. The van der Waals surface area contributed by atoms with Gasteiger partial charge in [-0.3, -0.25) is 9.69 Å². The Labute approximate surface area is 172 Å². The standard InChI is InChI=1S/C22H32N2O3S/c1-26-19-6-3-5-17(20(19)27-2)15-23-11-4-9-22(21(23)25)10-12-24(16-22)18-7-13-28-14-8-18/h3,5-6,18H,4,7-16H2,1-2H3/t22-/m1/s1. The molecule has 3 aliphatic heterocycles. The number of para-hydroxylation sites is 1. The molecule has 5 nitrogen and oxygen atoms in total. The van der Waals surface area contributed by atoms with Crippen LogP contribution in [0.3, 0.4) is 0 Å². The summed E-state index contributed by atoms with van der Waals surface area (Å²) < 4.78 is 11.0. The maximum atomic E-state index is 13.6. The van der Waals surface area contributed by atoms with E-state index >= 15 is 0 Å². The molecule has 0 saturated carbocycles. The lowest BCUT2D eigenvalue weighted by molar-refractivity contribution is -0.146. The number of nitrogens with zero attached hydrogens (tertiary/aromatic N) is 2. The number of thioether (sulfide) groups is 1. The maximum Gasteiger partial charge on any atom is 0.230 e. The van der Waals surface area contributed by atoms with Crippen molar-refractivity contribution < 1.29 is 14.3 Å². The molecule has 1 amide bonds. The van der Waals surface area contributed by atoms with Gasteiger partial charge in [0.25, 0.3) is 0 Å². The van der Waals surface area contributed by atoms with Crippen LogP contribution in [0.25, 0.3) is 0 Å². The van der Waals surface area contributed by atoms with Crippen molar-refractivity contribution in [3.8, 4) is 11.5 Å². The summed E-state index contributed by atoms with van der Waals surface area (Å²) in [5.41, 5.74) is 0.848. The Kier molecular flexibility index (Phi) is 6.07. The summed E-state index contributed by atoms with van der Waals surface area (Å²) in [6.45, 7) is 3.46. The van der Waals surface area contributed by atoms with Crippen molar-refractivity contribution in [2.75, 3.05) is 45.4 Å². The molecular formula is C22H32N2O3S. The fraction of sp³-hybridized carbons (Fsp3) is 0.682. The third kappa shape index (κ3) is 3.73. The molecule has 1 aromatic rings. The van der Waals surface area contributed by atoms with E-state index in [2.05, 4.69) is 21.6 Å². The summed E-state index contributed by atoms with van der Waals surface area (Å²) in [7, 11) is 3.32. The van der Waals surface area contributed by atoms with Crippen molar-refractivity contribution in [2.45, 2.75) is 44.7 Å². The summed E-state index contributed by atoms with van der Waals surface area (Å²) >= 11 is 2.07. The number of piperidine rings is 1. The van der Waals surface area contributed by atoms with Crippen molar-refractivity contribution in [2.24, 2.45) is 5.41 Å². The van der Waals surface area contributed by atoms with Crippen LogP contribution in [-0.2, 0) is 11.3 Å². The molecule has 154 valence electrons. The Bertz CT molecular complexity index is 707. The number of amides is 1. The fourth-order valence-corrected chi connectivity index (χ4v) is 6.31. The molecule has 0 N–H and O–H groups in total. The molecule has 1 aromatic carbocycles. The van der Waals surface area contributed by atoms with Gasteiger partial charge < -0.3 is 14.4 Å². The molecule has 0 aromatic heterocycles. The summed E-state index contributed by atoms with van der Waals surface area (Å²) in [5.74, 6) is 4.34. The second-order valence-corrected chi connectivity index (χ2v) is 9.55. The van der Waals surface area contributed by atoms with Crippen LogP contribution in [0.2, 0.25) is 0 Å². The number of methoxy groups -OCH3 is 2. The topological polar surface area (TPSA) is 42.0 Å². The first-order valence-electron chi connectivity index (χ1n) is 10.5. The second kappa shape index (κ2) is 8.54. The molecule has 0 aliphatic carbocycles. The molecule has 3 aliphatic rings. The molecule has 3 fully saturated rings. The largest absolute Gasteiger partial charge is 0.493 e. The first kappa shape index (κ1) is 19.9. The third-order valence-electron chi connectivity index (χ3n) is 6.76. The normalized spacial score (nSPS) is 26.8. The van der Waals surface area contributed by atoms with Gasteiger partial charge in [0.2, 0.25) is 5.91 Å². The van der Waals surface area contributed by atoms with E-state index in [0.717, 1.165) is 56.0 Å². The predicted molar refractivity (Wildman–Crippen MR) is 113 cm³/mol. The van der Waals surface area contributed by atoms with E-state index < -0.39 is 0 Å². The first-order chi connectivity index (χ1) is 13.7. The molecule has 1 atom stereocenters. The number of rotatable bonds is 5. The summed E-state index contributed by atoms with van der Waals surface area (Å²) in [6.07, 6.45) is 5.70. The highest BCUT2D eigenvalue weighted by atomic mass is 32.2. The summed E-state index contributed by atoms with van der Waals surface area (Å²) in [4.78, 5) is 18.2. The molecule has 0 unspecified atom stereocenters. The maximum absolute atomic E-state index is 13.6. The van der Waals surface area contributed by atoms with Crippen molar-refractivity contribution in [1.82, 2.24) is 9.80 Å². The molecule has 1 spiro atoms. The molecule has 6 heteroatoms. The Morgan fingerprint density at radius 2 is 1.96 bits per heavy atom. The van der Waals surface area contributed by atoms with Gasteiger partial charge >= 0.3 is 0 Å². The number of likely N-dealkylation sites (tertiary alicyclic amines) is 2. The zero-order valence-corrected chi connectivity index (χ0v) is 17.9. The third-order valence-corrected chi connectivity index (χ3v) is 7.81. The quantitative estimate of drug-likeness (QED) is 0.752. The Balaban J connectivity index is 1.48. The van der Waals surface area contributed by atoms with Gasteiger partial charge in [0.15, 0.2) is 11.5 Å². The van der Waals surface area contributed by atoms with Crippen LogP contribution >= 0.6 is 11.8 Å². The van der Waals surface area contributed by atoms with Gasteiger partial charge in [-0.1, -0.05) is 12.1 Å². The van der Waals surface area contributed by atoms with E-state index in [4.69, 9.17) is 9.47 Å². The van der Waals surface area contributed by atoms with Gasteiger partial charge in [-0.05, 0) is 56.2 Å². The van der Waals surface area contributed by atoms with E-state index in [0.29, 0.717) is 18.5 Å². The number of hydrogen-bond donors (Lipinski definition) is 0. The first-order valence-corrected chi connectivity index (χ1v) is 11.6. The molecule has 4 rings (SSSR count). The number of carbonyl (C=O) groups excluding carboxylic acids is 1. The van der Waals surface area contributed by atoms with Gasteiger partial charge in [-0.2, -0.15) is 11.8 Å². The SMILES string of the molecule is COc1cccc(CN2CCC[C@]3(CCN(C4CCSCC4)C3)C2=O)c1OC. The highest BCUT2D eigenvalue weighted by molar-refractivity contribution is 7.99. The Morgan fingerprint density at radius 3 is 2.71 bits per heavy atom. The second-order valence-electron chi connectivity index (χ2n) is 8.33. The van der Waals surface area contributed by atoms with Gasteiger partial charge in [0.05, 0.1) is 19.6 Å². The smallest absolute Gasteiger partial charge is 0.230 e. The summed E-state index contributed by atoms with van der Waals surface area (Å²) in [6, 6.07) is 6.59. The number of carbonyl (C=O) groups is 1. The summed E-state index contributed by atoms with van der Waals surface area (Å²) in [5, 5.41) is 0. The number of benzene rings is 1. The minimum Gasteiger partial charge on any atom is -0.493 e. The minimum absolute atomic E-state index is 0.172. The number of ether oxygens (including phenoxy) is 2. The lowest BCUT2D eigenvalue weighted by atomic mass is 9.78. The van der Waals surface area contributed by atoms with E-state index in [9.17, 15) is 4.79 Å². The average molecular weight is 405 g/mol. The van der Waals surface area contributed by atoms with Crippen molar-refractivity contribution >= 4 is 17.7 Å². The lowest BCUT2D eigenvalue weighted by Crippen LogP contribution is -2.50. The van der Waals surface area contributed by atoms with Gasteiger partial charge in [-0.25, -0.2) is 0 Å². The predicted octanol–water partition coefficient (Wildman–Crippen LogP) is 3.41. The molecule has 28 heavy (non-hydrogen) atoms. The average Bonchev–Trinajstić information content (AvgIpc) is 3.17. The van der Waals surface area contributed by atoms with E-state index in [1.165, 1.54) is 24.3 Å². The minimum atomic E-state index is -0.172. The molecule has 3 heterocycles. The number of hydrogen-bond acceptors (Lipinski definition) is 5. The highest BCUT2D eigenvalue weighted by Gasteiger charge is 2.49. The van der Waals surface area contributed by atoms with E-state index in [1.54, 1.807) is 14.2 Å². The van der Waals surface area contributed by atoms with Gasteiger partial charge in [0.1, 0.15) is 0 Å². The van der Waals surface area contributed by atoms with Gasteiger partial charge in [-0.15, -0.1) is 0 Å². The van der Waals surface area contributed by atoms with Crippen LogP contribution in [0.1, 0.15) is 37.7 Å². The van der Waals surface area contributed by atoms with Crippen molar-refractivity contribution in [1.29, 1.82) is 0 Å².